The Morgan fingerprint density at radius 3 is 2.61 bits per heavy atom. The van der Waals surface area contributed by atoms with E-state index in [1.54, 1.807) is 0 Å². The van der Waals surface area contributed by atoms with Gasteiger partial charge in [0, 0.05) is 5.39 Å². The highest BCUT2D eigenvalue weighted by Gasteiger charge is 2.19. The molecule has 0 heterocycles. The molecule has 0 aliphatic carbocycles. The summed E-state index contributed by atoms with van der Waals surface area (Å²) >= 11 is 0. The van der Waals surface area contributed by atoms with Crippen molar-refractivity contribution in [1.82, 2.24) is 5.32 Å². The minimum atomic E-state index is -0.536. The van der Waals surface area contributed by atoms with Crippen molar-refractivity contribution in [3.63, 3.8) is 0 Å². The van der Waals surface area contributed by atoms with Crippen LogP contribution < -0.4 is 14.8 Å². The van der Waals surface area contributed by atoms with Crippen LogP contribution in [0.4, 0.5) is 0 Å². The molecule has 146 valence electrons. The van der Waals surface area contributed by atoms with Gasteiger partial charge in [0.25, 0.3) is 5.91 Å². The Balaban J connectivity index is 1.55. The summed E-state index contributed by atoms with van der Waals surface area (Å²) in [5, 5.41) is 5.02. The van der Waals surface area contributed by atoms with Crippen molar-refractivity contribution in [2.24, 2.45) is 0 Å². The van der Waals surface area contributed by atoms with Crippen LogP contribution in [0.25, 0.3) is 10.8 Å². The van der Waals surface area contributed by atoms with Gasteiger partial charge in [0.2, 0.25) is 0 Å². The predicted octanol–water partition coefficient (Wildman–Crippen LogP) is 4.81. The fraction of sp³-hybridized carbons (Fsp3) is 0.292. The highest BCUT2D eigenvalue weighted by atomic mass is 16.5. The smallest absolute Gasteiger partial charge is 0.261 e. The molecule has 0 aliphatic heterocycles. The predicted molar refractivity (Wildman–Crippen MR) is 113 cm³/mol. The van der Waals surface area contributed by atoms with E-state index < -0.39 is 6.10 Å². The fourth-order valence-electron chi connectivity index (χ4n) is 3.09. The number of hydrogen-bond donors (Lipinski definition) is 1. The largest absolute Gasteiger partial charge is 0.491 e. The van der Waals surface area contributed by atoms with Crippen molar-refractivity contribution in [2.75, 3.05) is 13.2 Å². The SMILES string of the molecule is CCC(Oc1cccc2ccccc12)C(=O)NCCOc1cc(C)ccc1C. The summed E-state index contributed by atoms with van der Waals surface area (Å²) in [5.41, 5.74) is 2.24. The van der Waals surface area contributed by atoms with Gasteiger partial charge in [-0.3, -0.25) is 4.79 Å². The second-order valence-corrected chi connectivity index (χ2v) is 6.90. The molecule has 0 aromatic heterocycles. The van der Waals surface area contributed by atoms with Gasteiger partial charge in [0.05, 0.1) is 6.54 Å². The number of amides is 1. The van der Waals surface area contributed by atoms with Gasteiger partial charge in [-0.1, -0.05) is 55.5 Å². The molecule has 3 rings (SSSR count). The van der Waals surface area contributed by atoms with Gasteiger partial charge in [-0.15, -0.1) is 0 Å². The lowest BCUT2D eigenvalue weighted by Gasteiger charge is -2.19. The molecule has 3 aromatic rings. The van der Waals surface area contributed by atoms with E-state index in [2.05, 4.69) is 11.4 Å². The topological polar surface area (TPSA) is 47.6 Å². The van der Waals surface area contributed by atoms with Gasteiger partial charge in [-0.05, 0) is 48.9 Å². The lowest BCUT2D eigenvalue weighted by atomic mass is 10.1. The van der Waals surface area contributed by atoms with Gasteiger partial charge in [-0.25, -0.2) is 0 Å². The van der Waals surface area contributed by atoms with Crippen LogP contribution in [-0.4, -0.2) is 25.2 Å². The van der Waals surface area contributed by atoms with Crippen LogP contribution in [0.1, 0.15) is 24.5 Å². The average Bonchev–Trinajstić information content (AvgIpc) is 2.71. The van der Waals surface area contributed by atoms with E-state index >= 15 is 0 Å². The molecule has 0 spiro atoms. The molecule has 1 unspecified atom stereocenters. The lowest BCUT2D eigenvalue weighted by Crippen LogP contribution is -2.39. The number of ether oxygens (including phenoxy) is 2. The van der Waals surface area contributed by atoms with Crippen LogP contribution in [0.5, 0.6) is 11.5 Å². The normalized spacial score (nSPS) is 11.8. The van der Waals surface area contributed by atoms with Gasteiger partial charge in [0.15, 0.2) is 6.10 Å². The van der Waals surface area contributed by atoms with Crippen LogP contribution in [0.2, 0.25) is 0 Å². The molecular formula is C24H27NO3. The quantitative estimate of drug-likeness (QED) is 0.573. The maximum Gasteiger partial charge on any atom is 0.261 e. The Morgan fingerprint density at radius 2 is 1.79 bits per heavy atom. The number of carbonyl (C=O) groups excluding carboxylic acids is 1. The number of aryl methyl sites for hydroxylation is 2. The number of nitrogens with one attached hydrogen (secondary N) is 1. The maximum atomic E-state index is 12.6. The first kappa shape index (κ1) is 19.7. The van der Waals surface area contributed by atoms with Crippen molar-refractivity contribution in [2.45, 2.75) is 33.3 Å². The Hall–Kier alpha value is -3.01. The van der Waals surface area contributed by atoms with Gasteiger partial charge < -0.3 is 14.8 Å². The van der Waals surface area contributed by atoms with Crippen molar-refractivity contribution in [1.29, 1.82) is 0 Å². The van der Waals surface area contributed by atoms with Crippen LogP contribution in [0, 0.1) is 13.8 Å². The summed E-state index contributed by atoms with van der Waals surface area (Å²) in [4.78, 5) is 12.6. The van der Waals surface area contributed by atoms with E-state index in [4.69, 9.17) is 9.47 Å². The number of benzene rings is 3. The van der Waals surface area contributed by atoms with E-state index in [1.807, 2.05) is 75.4 Å². The first-order chi connectivity index (χ1) is 13.6. The second-order valence-electron chi connectivity index (χ2n) is 6.90. The molecule has 1 amide bonds. The first-order valence-electron chi connectivity index (χ1n) is 9.70. The second kappa shape index (κ2) is 9.27. The van der Waals surface area contributed by atoms with Crippen molar-refractivity contribution in [3.05, 3.63) is 71.8 Å². The standard InChI is InChI=1S/C24H27NO3/c1-4-21(28-22-11-7-9-19-8-5-6-10-20(19)22)24(26)25-14-15-27-23-16-17(2)12-13-18(23)3/h5-13,16,21H,4,14-15H2,1-3H3,(H,25,26). The monoisotopic (exact) mass is 377 g/mol. The van der Waals surface area contributed by atoms with Crippen LogP contribution in [0.3, 0.4) is 0 Å². The summed E-state index contributed by atoms with van der Waals surface area (Å²) in [5.74, 6) is 1.46. The zero-order valence-electron chi connectivity index (χ0n) is 16.7. The van der Waals surface area contributed by atoms with Crippen LogP contribution in [0.15, 0.2) is 60.7 Å². The number of carbonyl (C=O) groups is 1. The summed E-state index contributed by atoms with van der Waals surface area (Å²) in [6.07, 6.45) is 0.0545. The van der Waals surface area contributed by atoms with E-state index in [-0.39, 0.29) is 5.91 Å². The Kier molecular flexibility index (Phi) is 6.53. The fourth-order valence-corrected chi connectivity index (χ4v) is 3.09. The molecule has 0 bridgehead atoms. The van der Waals surface area contributed by atoms with E-state index in [0.717, 1.165) is 33.4 Å². The van der Waals surface area contributed by atoms with Gasteiger partial charge in [-0.2, -0.15) is 0 Å². The molecule has 4 nitrogen and oxygen atoms in total. The molecular weight excluding hydrogens is 350 g/mol. The minimum Gasteiger partial charge on any atom is -0.491 e. The maximum absolute atomic E-state index is 12.6. The third kappa shape index (κ3) is 4.83. The zero-order chi connectivity index (χ0) is 19.9. The molecule has 0 saturated carbocycles. The van der Waals surface area contributed by atoms with Crippen LogP contribution >= 0.6 is 0 Å². The van der Waals surface area contributed by atoms with Crippen LogP contribution in [-0.2, 0) is 4.79 Å². The van der Waals surface area contributed by atoms with Gasteiger partial charge >= 0.3 is 0 Å². The highest BCUT2D eigenvalue weighted by molar-refractivity contribution is 5.89. The molecule has 0 fully saturated rings. The molecule has 3 aromatic carbocycles. The Bertz CT molecular complexity index is 946. The first-order valence-corrected chi connectivity index (χ1v) is 9.70. The van der Waals surface area contributed by atoms with Crippen molar-refractivity contribution in [3.8, 4) is 11.5 Å². The zero-order valence-corrected chi connectivity index (χ0v) is 16.7. The number of rotatable bonds is 8. The summed E-state index contributed by atoms with van der Waals surface area (Å²) in [6.45, 7) is 6.84. The van der Waals surface area contributed by atoms with Gasteiger partial charge in [0.1, 0.15) is 18.1 Å². The third-order valence-electron chi connectivity index (χ3n) is 4.68. The summed E-state index contributed by atoms with van der Waals surface area (Å²) < 4.78 is 11.8. The Morgan fingerprint density at radius 1 is 1.00 bits per heavy atom. The van der Waals surface area contributed by atoms with E-state index in [9.17, 15) is 4.79 Å². The van der Waals surface area contributed by atoms with Crippen molar-refractivity contribution >= 4 is 16.7 Å². The minimum absolute atomic E-state index is 0.125. The molecule has 0 aliphatic rings. The van der Waals surface area contributed by atoms with E-state index in [1.165, 1.54) is 0 Å². The van der Waals surface area contributed by atoms with Crippen molar-refractivity contribution < 1.29 is 14.3 Å². The molecule has 4 heteroatoms. The van der Waals surface area contributed by atoms with E-state index in [0.29, 0.717) is 19.6 Å². The number of hydrogen-bond acceptors (Lipinski definition) is 3. The molecule has 0 saturated heterocycles. The average molecular weight is 377 g/mol. The molecule has 0 radical (unpaired) electrons. The lowest BCUT2D eigenvalue weighted by molar-refractivity contribution is -0.128. The number of fused-ring (bicyclic) bond motifs is 1. The summed E-state index contributed by atoms with van der Waals surface area (Å²) in [6, 6.07) is 20.0. The molecule has 1 atom stereocenters. The third-order valence-corrected chi connectivity index (χ3v) is 4.68. The highest BCUT2D eigenvalue weighted by Crippen LogP contribution is 2.26. The molecule has 1 N–H and O–H groups in total. The molecule has 28 heavy (non-hydrogen) atoms. The Labute approximate surface area is 166 Å². The summed E-state index contributed by atoms with van der Waals surface area (Å²) in [7, 11) is 0.